The summed E-state index contributed by atoms with van der Waals surface area (Å²) >= 11 is 1.24. The van der Waals surface area contributed by atoms with Crippen LogP contribution in [0.3, 0.4) is 0 Å². The topological polar surface area (TPSA) is 49.4 Å². The quantitative estimate of drug-likeness (QED) is 0.785. The Hall–Kier alpha value is -1.33. The Kier molecular flexibility index (Phi) is 8.33. The number of thioether (sulfide) groups is 1. The summed E-state index contributed by atoms with van der Waals surface area (Å²) < 4.78 is 0. The van der Waals surface area contributed by atoms with Crippen molar-refractivity contribution < 1.29 is 9.59 Å². The molecule has 0 bridgehead atoms. The average molecular weight is 349 g/mol. The molecule has 0 saturated carbocycles. The highest BCUT2D eigenvalue weighted by Crippen LogP contribution is 2.16. The molecule has 0 spiro atoms. The Morgan fingerprint density at radius 2 is 1.88 bits per heavy atom. The molecule has 5 heteroatoms. The van der Waals surface area contributed by atoms with Crippen LogP contribution in [0.5, 0.6) is 0 Å². The highest BCUT2D eigenvalue weighted by Gasteiger charge is 2.20. The SMILES string of the molecule is CC(=O)SCC(Cc1ccccc1)C(=O)NCCN1CCCCC1. The lowest BCUT2D eigenvalue weighted by atomic mass is 10.0. The Bertz CT molecular complexity index is 515. The number of carbonyl (C=O) groups is 2. The third-order valence-electron chi connectivity index (χ3n) is 4.36. The molecule has 1 aromatic carbocycles. The third-order valence-corrected chi connectivity index (χ3v) is 5.34. The molecule has 1 atom stereocenters. The second-order valence-electron chi connectivity index (χ2n) is 6.38. The molecular formula is C19H28N2O2S. The predicted molar refractivity (Wildman–Crippen MR) is 100 cm³/mol. The van der Waals surface area contributed by atoms with Crippen molar-refractivity contribution in [3.05, 3.63) is 35.9 Å². The molecule has 0 aliphatic carbocycles. The van der Waals surface area contributed by atoms with Crippen LogP contribution >= 0.6 is 11.8 Å². The van der Waals surface area contributed by atoms with Gasteiger partial charge in [-0.05, 0) is 37.9 Å². The van der Waals surface area contributed by atoms with E-state index in [4.69, 9.17) is 0 Å². The first kappa shape index (κ1) is 19.0. The van der Waals surface area contributed by atoms with Gasteiger partial charge in [0, 0.05) is 25.8 Å². The largest absolute Gasteiger partial charge is 0.355 e. The standard InChI is InChI=1S/C19H28N2O2S/c1-16(22)24-15-18(14-17-8-4-2-5-9-17)19(23)20-10-13-21-11-6-3-7-12-21/h2,4-5,8-9,18H,3,6-7,10-15H2,1H3,(H,20,23). The number of rotatable bonds is 8. The van der Waals surface area contributed by atoms with Gasteiger partial charge in [-0.25, -0.2) is 0 Å². The smallest absolute Gasteiger partial charge is 0.224 e. The molecule has 0 aromatic heterocycles. The summed E-state index contributed by atoms with van der Waals surface area (Å²) in [4.78, 5) is 26.2. The molecule has 1 fully saturated rings. The number of hydrogen-bond donors (Lipinski definition) is 1. The van der Waals surface area contributed by atoms with Crippen molar-refractivity contribution in [1.82, 2.24) is 10.2 Å². The average Bonchev–Trinajstić information content (AvgIpc) is 2.60. The van der Waals surface area contributed by atoms with Gasteiger partial charge in [-0.15, -0.1) is 0 Å². The fourth-order valence-electron chi connectivity index (χ4n) is 3.01. The Morgan fingerprint density at radius 3 is 2.54 bits per heavy atom. The highest BCUT2D eigenvalue weighted by molar-refractivity contribution is 8.13. The molecule has 1 saturated heterocycles. The lowest BCUT2D eigenvalue weighted by Crippen LogP contribution is -2.40. The van der Waals surface area contributed by atoms with Crippen molar-refractivity contribution in [2.24, 2.45) is 5.92 Å². The number of amides is 1. The van der Waals surface area contributed by atoms with Crippen LogP contribution in [0.2, 0.25) is 0 Å². The first-order valence-corrected chi connectivity index (χ1v) is 9.81. The second kappa shape index (κ2) is 10.5. The second-order valence-corrected chi connectivity index (χ2v) is 7.58. The van der Waals surface area contributed by atoms with E-state index in [0.717, 1.165) is 25.2 Å². The van der Waals surface area contributed by atoms with E-state index in [9.17, 15) is 9.59 Å². The predicted octanol–water partition coefficient (Wildman–Crippen LogP) is 2.73. The van der Waals surface area contributed by atoms with E-state index in [1.165, 1.54) is 31.0 Å². The van der Waals surface area contributed by atoms with E-state index < -0.39 is 0 Å². The molecule has 132 valence electrons. The van der Waals surface area contributed by atoms with Gasteiger partial charge in [0.15, 0.2) is 5.12 Å². The van der Waals surface area contributed by atoms with E-state index in [2.05, 4.69) is 10.2 Å². The maximum Gasteiger partial charge on any atom is 0.224 e. The number of piperidine rings is 1. The summed E-state index contributed by atoms with van der Waals surface area (Å²) in [6.45, 7) is 5.45. The van der Waals surface area contributed by atoms with Crippen molar-refractivity contribution in [2.45, 2.75) is 32.6 Å². The van der Waals surface area contributed by atoms with Crippen LogP contribution in [0, 0.1) is 5.92 Å². The van der Waals surface area contributed by atoms with E-state index in [1.807, 2.05) is 30.3 Å². The van der Waals surface area contributed by atoms with E-state index >= 15 is 0 Å². The van der Waals surface area contributed by atoms with Gasteiger partial charge in [-0.1, -0.05) is 48.5 Å². The van der Waals surface area contributed by atoms with Gasteiger partial charge >= 0.3 is 0 Å². The number of carbonyl (C=O) groups excluding carboxylic acids is 2. The van der Waals surface area contributed by atoms with Crippen molar-refractivity contribution in [3.63, 3.8) is 0 Å². The van der Waals surface area contributed by atoms with E-state index in [0.29, 0.717) is 18.7 Å². The maximum absolute atomic E-state index is 12.5. The molecule has 2 rings (SSSR count). The van der Waals surface area contributed by atoms with Gasteiger partial charge in [0.2, 0.25) is 5.91 Å². The molecule has 1 N–H and O–H groups in total. The van der Waals surface area contributed by atoms with Gasteiger partial charge in [-0.3, -0.25) is 9.59 Å². The number of likely N-dealkylation sites (tertiary alicyclic amines) is 1. The number of nitrogens with zero attached hydrogens (tertiary/aromatic N) is 1. The summed E-state index contributed by atoms with van der Waals surface area (Å²) in [5, 5.41) is 3.13. The zero-order chi connectivity index (χ0) is 17.2. The van der Waals surface area contributed by atoms with Crippen LogP contribution in [-0.2, 0) is 16.0 Å². The molecule has 4 nitrogen and oxygen atoms in total. The van der Waals surface area contributed by atoms with Crippen LogP contribution in [0.15, 0.2) is 30.3 Å². The minimum Gasteiger partial charge on any atom is -0.355 e. The van der Waals surface area contributed by atoms with Crippen LogP contribution in [-0.4, -0.2) is 47.9 Å². The van der Waals surface area contributed by atoms with Gasteiger partial charge in [-0.2, -0.15) is 0 Å². The third kappa shape index (κ3) is 7.05. The number of hydrogen-bond acceptors (Lipinski definition) is 4. The Balaban J connectivity index is 1.82. The number of nitrogens with one attached hydrogen (secondary N) is 1. The molecule has 1 aromatic rings. The zero-order valence-corrected chi connectivity index (χ0v) is 15.3. The van der Waals surface area contributed by atoms with Gasteiger partial charge < -0.3 is 10.2 Å². The summed E-state index contributed by atoms with van der Waals surface area (Å²) in [6.07, 6.45) is 4.53. The highest BCUT2D eigenvalue weighted by atomic mass is 32.2. The van der Waals surface area contributed by atoms with Gasteiger partial charge in [0.05, 0.1) is 5.92 Å². The van der Waals surface area contributed by atoms with E-state index in [-0.39, 0.29) is 16.9 Å². The van der Waals surface area contributed by atoms with Crippen LogP contribution in [0.4, 0.5) is 0 Å². The lowest BCUT2D eigenvalue weighted by molar-refractivity contribution is -0.124. The van der Waals surface area contributed by atoms with Crippen LogP contribution < -0.4 is 5.32 Å². The van der Waals surface area contributed by atoms with Gasteiger partial charge in [0.1, 0.15) is 0 Å². The van der Waals surface area contributed by atoms with E-state index in [1.54, 1.807) is 6.92 Å². The molecular weight excluding hydrogens is 320 g/mol. The molecule has 1 aliphatic heterocycles. The zero-order valence-electron chi connectivity index (χ0n) is 14.5. The minimum atomic E-state index is -0.164. The fourth-order valence-corrected chi connectivity index (χ4v) is 3.71. The van der Waals surface area contributed by atoms with Crippen molar-refractivity contribution in [3.8, 4) is 0 Å². The number of benzene rings is 1. The summed E-state index contributed by atoms with van der Waals surface area (Å²) in [7, 11) is 0. The molecule has 1 amide bonds. The minimum absolute atomic E-state index is 0.0598. The van der Waals surface area contributed by atoms with Crippen molar-refractivity contribution >= 4 is 22.8 Å². The summed E-state index contributed by atoms with van der Waals surface area (Å²) in [5.74, 6) is 0.437. The maximum atomic E-state index is 12.5. The monoisotopic (exact) mass is 348 g/mol. The molecule has 1 unspecified atom stereocenters. The van der Waals surface area contributed by atoms with Crippen molar-refractivity contribution in [2.75, 3.05) is 31.9 Å². The molecule has 1 heterocycles. The van der Waals surface area contributed by atoms with Crippen LogP contribution in [0.1, 0.15) is 31.7 Å². The first-order valence-electron chi connectivity index (χ1n) is 8.82. The molecule has 0 radical (unpaired) electrons. The summed E-state index contributed by atoms with van der Waals surface area (Å²) in [6, 6.07) is 10.0. The van der Waals surface area contributed by atoms with Gasteiger partial charge in [0.25, 0.3) is 0 Å². The van der Waals surface area contributed by atoms with Crippen molar-refractivity contribution in [1.29, 1.82) is 0 Å². The normalized spacial score (nSPS) is 16.5. The lowest BCUT2D eigenvalue weighted by Gasteiger charge is -2.26. The Labute approximate surface area is 149 Å². The van der Waals surface area contributed by atoms with Crippen LogP contribution in [0.25, 0.3) is 0 Å². The first-order chi connectivity index (χ1) is 11.6. The summed E-state index contributed by atoms with van der Waals surface area (Å²) in [5.41, 5.74) is 1.14. The Morgan fingerprint density at radius 1 is 1.17 bits per heavy atom. The fraction of sp³-hybridized carbons (Fsp3) is 0.579. The molecule has 24 heavy (non-hydrogen) atoms. The molecule has 1 aliphatic rings.